The van der Waals surface area contributed by atoms with E-state index in [0.29, 0.717) is 12.3 Å². The molecule has 0 radical (unpaired) electrons. The minimum atomic E-state index is 0.0423. The normalized spacial score (nSPS) is 9.87. The second kappa shape index (κ2) is 4.77. The van der Waals surface area contributed by atoms with Crippen molar-refractivity contribution in [3.8, 4) is 5.88 Å². The Hall–Kier alpha value is -1.58. The highest BCUT2D eigenvalue weighted by atomic mass is 16.5. The van der Waals surface area contributed by atoms with E-state index in [9.17, 15) is 4.79 Å². The molecule has 0 aliphatic carbocycles. The molecule has 1 aromatic rings. The van der Waals surface area contributed by atoms with Crippen molar-refractivity contribution in [3.05, 3.63) is 23.4 Å². The quantitative estimate of drug-likeness (QED) is 0.745. The number of aromatic nitrogens is 1. The highest BCUT2D eigenvalue weighted by molar-refractivity contribution is 5.78. The van der Waals surface area contributed by atoms with Crippen LogP contribution in [0.3, 0.4) is 0 Å². The first-order chi connectivity index (χ1) is 7.04. The van der Waals surface area contributed by atoms with Crippen LogP contribution in [0.15, 0.2) is 12.3 Å². The maximum absolute atomic E-state index is 11.5. The van der Waals surface area contributed by atoms with Crippen LogP contribution in [0, 0.1) is 6.92 Å². The van der Waals surface area contributed by atoms with E-state index in [4.69, 9.17) is 4.74 Å². The van der Waals surface area contributed by atoms with E-state index in [1.54, 1.807) is 32.3 Å². The zero-order valence-electron chi connectivity index (χ0n) is 9.57. The number of hydrogen-bond donors (Lipinski definition) is 0. The zero-order valence-corrected chi connectivity index (χ0v) is 9.57. The average molecular weight is 208 g/mol. The van der Waals surface area contributed by atoms with Crippen molar-refractivity contribution >= 4 is 5.91 Å². The van der Waals surface area contributed by atoms with Gasteiger partial charge in [-0.25, -0.2) is 4.98 Å². The fourth-order valence-electron chi connectivity index (χ4n) is 1.25. The van der Waals surface area contributed by atoms with E-state index in [1.807, 2.05) is 13.0 Å². The van der Waals surface area contributed by atoms with Gasteiger partial charge >= 0.3 is 0 Å². The minimum Gasteiger partial charge on any atom is -0.481 e. The number of carbonyl (C=O) groups is 1. The third-order valence-corrected chi connectivity index (χ3v) is 2.10. The molecule has 0 aliphatic rings. The molecule has 0 unspecified atom stereocenters. The highest BCUT2D eigenvalue weighted by Crippen LogP contribution is 2.16. The Bertz CT molecular complexity index is 362. The number of aryl methyl sites for hydroxylation is 1. The molecule has 1 heterocycles. The molecule has 0 aromatic carbocycles. The molecule has 0 fully saturated rings. The predicted molar refractivity (Wildman–Crippen MR) is 57.9 cm³/mol. The summed E-state index contributed by atoms with van der Waals surface area (Å²) in [4.78, 5) is 17.2. The van der Waals surface area contributed by atoms with Crippen molar-refractivity contribution in [1.82, 2.24) is 9.88 Å². The van der Waals surface area contributed by atoms with E-state index in [2.05, 4.69) is 4.98 Å². The minimum absolute atomic E-state index is 0.0423. The molecule has 0 saturated heterocycles. The number of pyridine rings is 1. The molecule has 0 bridgehead atoms. The van der Waals surface area contributed by atoms with Crippen molar-refractivity contribution < 1.29 is 9.53 Å². The summed E-state index contributed by atoms with van der Waals surface area (Å²) < 4.78 is 5.10. The van der Waals surface area contributed by atoms with Gasteiger partial charge < -0.3 is 9.64 Å². The molecule has 1 aromatic heterocycles. The van der Waals surface area contributed by atoms with Crippen LogP contribution in [0.4, 0.5) is 0 Å². The first-order valence-corrected chi connectivity index (χ1v) is 4.74. The monoisotopic (exact) mass is 208 g/mol. The first kappa shape index (κ1) is 11.5. The Labute approximate surface area is 89.9 Å². The number of amides is 1. The summed E-state index contributed by atoms with van der Waals surface area (Å²) in [6.07, 6.45) is 2.05. The molecule has 0 spiro atoms. The van der Waals surface area contributed by atoms with Gasteiger partial charge in [0.05, 0.1) is 13.5 Å². The Morgan fingerprint density at radius 2 is 2.20 bits per heavy atom. The summed E-state index contributed by atoms with van der Waals surface area (Å²) in [6.45, 7) is 1.94. The summed E-state index contributed by atoms with van der Waals surface area (Å²) in [5.41, 5.74) is 1.86. The lowest BCUT2D eigenvalue weighted by Crippen LogP contribution is -2.23. The van der Waals surface area contributed by atoms with Crippen LogP contribution in [-0.4, -0.2) is 37.0 Å². The van der Waals surface area contributed by atoms with E-state index < -0.39 is 0 Å². The van der Waals surface area contributed by atoms with Crippen LogP contribution < -0.4 is 4.74 Å². The smallest absolute Gasteiger partial charge is 0.226 e. The van der Waals surface area contributed by atoms with Gasteiger partial charge in [-0.05, 0) is 18.6 Å². The van der Waals surface area contributed by atoms with Crippen molar-refractivity contribution in [2.75, 3.05) is 21.2 Å². The molecule has 0 saturated carbocycles. The predicted octanol–water partition coefficient (Wildman–Crippen LogP) is 1.03. The van der Waals surface area contributed by atoms with Crippen molar-refractivity contribution in [2.45, 2.75) is 13.3 Å². The number of methoxy groups -OCH3 is 1. The van der Waals surface area contributed by atoms with Crippen molar-refractivity contribution in [2.24, 2.45) is 0 Å². The van der Waals surface area contributed by atoms with Gasteiger partial charge in [0.15, 0.2) is 0 Å². The highest BCUT2D eigenvalue weighted by Gasteiger charge is 2.11. The van der Waals surface area contributed by atoms with E-state index >= 15 is 0 Å². The van der Waals surface area contributed by atoms with Gasteiger partial charge in [-0.15, -0.1) is 0 Å². The lowest BCUT2D eigenvalue weighted by molar-refractivity contribution is -0.127. The van der Waals surface area contributed by atoms with Crippen LogP contribution >= 0.6 is 0 Å². The van der Waals surface area contributed by atoms with Crippen molar-refractivity contribution in [3.63, 3.8) is 0 Å². The number of carbonyl (C=O) groups excluding carboxylic acids is 1. The second-order valence-electron chi connectivity index (χ2n) is 3.65. The Balaban J connectivity index is 2.92. The molecule has 82 valence electrons. The Kier molecular flexibility index (Phi) is 3.66. The number of likely N-dealkylation sites (N-methyl/N-ethyl adjacent to an activating group) is 1. The Morgan fingerprint density at radius 1 is 1.53 bits per heavy atom. The van der Waals surface area contributed by atoms with Crippen molar-refractivity contribution in [1.29, 1.82) is 0 Å². The SMILES string of the molecule is COc1ncc(C)cc1CC(=O)N(C)C. The van der Waals surface area contributed by atoms with Crippen LogP contribution in [0.25, 0.3) is 0 Å². The molecule has 0 atom stereocenters. The maximum Gasteiger partial charge on any atom is 0.226 e. The van der Waals surface area contributed by atoms with Gasteiger partial charge in [0.25, 0.3) is 0 Å². The molecular weight excluding hydrogens is 192 g/mol. The molecule has 4 nitrogen and oxygen atoms in total. The van der Waals surface area contributed by atoms with Gasteiger partial charge in [-0.1, -0.05) is 0 Å². The van der Waals surface area contributed by atoms with Crippen LogP contribution in [0.1, 0.15) is 11.1 Å². The third-order valence-electron chi connectivity index (χ3n) is 2.10. The number of rotatable bonds is 3. The summed E-state index contributed by atoms with van der Waals surface area (Å²) >= 11 is 0. The largest absolute Gasteiger partial charge is 0.481 e. The fraction of sp³-hybridized carbons (Fsp3) is 0.455. The number of hydrogen-bond acceptors (Lipinski definition) is 3. The molecule has 0 aliphatic heterocycles. The van der Waals surface area contributed by atoms with Gasteiger partial charge in [0.2, 0.25) is 11.8 Å². The molecule has 4 heteroatoms. The lowest BCUT2D eigenvalue weighted by Gasteiger charge is -2.12. The van der Waals surface area contributed by atoms with Gasteiger partial charge in [-0.2, -0.15) is 0 Å². The number of ether oxygens (including phenoxy) is 1. The van der Waals surface area contributed by atoms with Gasteiger partial charge in [0, 0.05) is 25.9 Å². The third kappa shape index (κ3) is 2.94. The summed E-state index contributed by atoms with van der Waals surface area (Å²) in [5.74, 6) is 0.566. The molecule has 15 heavy (non-hydrogen) atoms. The van der Waals surface area contributed by atoms with Crippen LogP contribution in [0.2, 0.25) is 0 Å². The van der Waals surface area contributed by atoms with E-state index in [-0.39, 0.29) is 5.91 Å². The zero-order chi connectivity index (χ0) is 11.4. The summed E-state index contributed by atoms with van der Waals surface area (Å²) in [7, 11) is 5.03. The molecule has 0 N–H and O–H groups in total. The first-order valence-electron chi connectivity index (χ1n) is 4.74. The van der Waals surface area contributed by atoms with Crippen LogP contribution in [0.5, 0.6) is 5.88 Å². The summed E-state index contributed by atoms with van der Waals surface area (Å²) in [6, 6.07) is 1.92. The molecule has 1 amide bonds. The second-order valence-corrected chi connectivity index (χ2v) is 3.65. The van der Waals surface area contributed by atoms with E-state index in [0.717, 1.165) is 11.1 Å². The fourth-order valence-corrected chi connectivity index (χ4v) is 1.25. The molecule has 1 rings (SSSR count). The Morgan fingerprint density at radius 3 is 2.73 bits per heavy atom. The van der Waals surface area contributed by atoms with Crippen LogP contribution in [-0.2, 0) is 11.2 Å². The topological polar surface area (TPSA) is 42.4 Å². The number of nitrogens with zero attached hydrogens (tertiary/aromatic N) is 2. The summed E-state index contributed by atoms with van der Waals surface area (Å²) in [5, 5.41) is 0. The maximum atomic E-state index is 11.5. The van der Waals surface area contributed by atoms with E-state index in [1.165, 1.54) is 0 Å². The lowest BCUT2D eigenvalue weighted by atomic mass is 10.1. The van der Waals surface area contributed by atoms with Gasteiger partial charge in [-0.3, -0.25) is 4.79 Å². The molecular formula is C11H16N2O2. The standard InChI is InChI=1S/C11H16N2O2/c1-8-5-9(6-10(14)13(2)3)11(15-4)12-7-8/h5,7H,6H2,1-4H3. The average Bonchev–Trinajstić information content (AvgIpc) is 2.18. The van der Waals surface area contributed by atoms with Gasteiger partial charge in [0.1, 0.15) is 0 Å².